The average Bonchev–Trinajstić information content (AvgIpc) is 2.55. The standard InChI is InChI=1S/C7H10OS.C6H10.C4H10.C2H7N.C2H6/c1-3-4-7(8-2)5-6-9;1-3-5-6-4-2;1-4(2)3;1-2-3;1-2/h3-6,9H,1H2,2H3;3-6H,1-2H3;4H,1-3H3;2-3H2,1H3;1-2H3/b6-5-,7-4+;5-3-,6-4+;;;. The van der Waals surface area contributed by atoms with Crippen molar-refractivity contribution < 1.29 is 4.74 Å². The molecule has 3 heteroatoms. The lowest BCUT2D eigenvalue weighted by Gasteiger charge is -1.95. The number of hydrogen-bond donors (Lipinski definition) is 2. The predicted octanol–water partition coefficient (Wildman–Crippen LogP) is 6.94. The summed E-state index contributed by atoms with van der Waals surface area (Å²) in [5, 5.41) is 1.61. The molecular weight excluding hydrogens is 314 g/mol. The highest BCUT2D eigenvalue weighted by molar-refractivity contribution is 7.83. The van der Waals surface area contributed by atoms with Crippen molar-refractivity contribution in [3.63, 3.8) is 0 Å². The van der Waals surface area contributed by atoms with E-state index in [4.69, 9.17) is 10.5 Å². The van der Waals surface area contributed by atoms with Gasteiger partial charge >= 0.3 is 0 Å². The molecule has 2 N–H and O–H groups in total. The van der Waals surface area contributed by atoms with Gasteiger partial charge in [0.2, 0.25) is 0 Å². The van der Waals surface area contributed by atoms with E-state index in [1.165, 1.54) is 0 Å². The highest BCUT2D eigenvalue weighted by Crippen LogP contribution is 1.97. The average molecular weight is 358 g/mol. The Bertz CT molecular complexity index is 290. The molecule has 0 aliphatic heterocycles. The van der Waals surface area contributed by atoms with Gasteiger partial charge in [-0.05, 0) is 43.9 Å². The first kappa shape index (κ1) is 34.2. The molecule has 0 aromatic carbocycles. The minimum Gasteiger partial charge on any atom is -0.497 e. The quantitative estimate of drug-likeness (QED) is 0.325. The molecule has 0 aliphatic carbocycles. The molecule has 0 aromatic rings. The van der Waals surface area contributed by atoms with E-state index in [-0.39, 0.29) is 0 Å². The Hall–Kier alpha value is -1.19. The third-order valence-corrected chi connectivity index (χ3v) is 1.40. The van der Waals surface area contributed by atoms with Crippen LogP contribution in [0.2, 0.25) is 0 Å². The van der Waals surface area contributed by atoms with Gasteiger partial charge in [-0.15, -0.1) is 0 Å². The summed E-state index contributed by atoms with van der Waals surface area (Å²) < 4.78 is 4.89. The van der Waals surface area contributed by atoms with Crippen LogP contribution in [-0.4, -0.2) is 13.7 Å². The lowest BCUT2D eigenvalue weighted by Crippen LogP contribution is -1.87. The summed E-state index contributed by atoms with van der Waals surface area (Å²) >= 11 is 3.87. The van der Waals surface area contributed by atoms with E-state index in [2.05, 4.69) is 40.0 Å². The molecule has 0 aromatic heterocycles. The Morgan fingerprint density at radius 2 is 1.46 bits per heavy atom. The molecule has 0 saturated carbocycles. The Morgan fingerprint density at radius 3 is 1.62 bits per heavy atom. The topological polar surface area (TPSA) is 35.2 Å². The fourth-order valence-electron chi connectivity index (χ4n) is 0.603. The second-order valence-electron chi connectivity index (χ2n) is 4.52. The van der Waals surface area contributed by atoms with Gasteiger partial charge in [0.25, 0.3) is 0 Å². The van der Waals surface area contributed by atoms with Crippen molar-refractivity contribution in [2.45, 2.75) is 55.4 Å². The van der Waals surface area contributed by atoms with E-state index >= 15 is 0 Å². The summed E-state index contributed by atoms with van der Waals surface area (Å²) in [6.45, 7) is 20.7. The van der Waals surface area contributed by atoms with Gasteiger partial charge < -0.3 is 10.5 Å². The number of methoxy groups -OCH3 is 1. The van der Waals surface area contributed by atoms with E-state index in [9.17, 15) is 0 Å². The molecule has 2 nitrogen and oxygen atoms in total. The molecule has 24 heavy (non-hydrogen) atoms. The molecular formula is C21H43NOS. The number of rotatable bonds is 4. The van der Waals surface area contributed by atoms with Crippen LogP contribution in [0.1, 0.15) is 55.4 Å². The second-order valence-corrected chi connectivity index (χ2v) is 4.81. The highest BCUT2D eigenvalue weighted by Gasteiger charge is 1.81. The van der Waals surface area contributed by atoms with E-state index in [0.717, 1.165) is 18.2 Å². The van der Waals surface area contributed by atoms with E-state index in [1.54, 1.807) is 30.7 Å². The number of thiol groups is 1. The molecule has 0 rings (SSSR count). The zero-order valence-electron chi connectivity index (χ0n) is 17.5. The molecule has 0 unspecified atom stereocenters. The first-order chi connectivity index (χ1) is 11.4. The van der Waals surface area contributed by atoms with Crippen LogP contribution in [0.25, 0.3) is 0 Å². The minimum absolute atomic E-state index is 0.750. The number of hydrogen-bond acceptors (Lipinski definition) is 3. The maximum atomic E-state index is 4.89. The van der Waals surface area contributed by atoms with Crippen LogP contribution >= 0.6 is 12.6 Å². The van der Waals surface area contributed by atoms with Gasteiger partial charge in [0, 0.05) is 0 Å². The van der Waals surface area contributed by atoms with Crippen LogP contribution in [0.4, 0.5) is 0 Å². The van der Waals surface area contributed by atoms with Crippen LogP contribution in [0.5, 0.6) is 0 Å². The van der Waals surface area contributed by atoms with Crippen LogP contribution in [0.3, 0.4) is 0 Å². The summed E-state index contributed by atoms with van der Waals surface area (Å²) in [4.78, 5) is 0. The van der Waals surface area contributed by atoms with Gasteiger partial charge in [-0.2, -0.15) is 12.6 Å². The van der Waals surface area contributed by atoms with Crippen molar-refractivity contribution in [1.29, 1.82) is 0 Å². The molecule has 0 radical (unpaired) electrons. The summed E-state index contributed by atoms with van der Waals surface area (Å²) in [6, 6.07) is 0. The summed E-state index contributed by atoms with van der Waals surface area (Å²) in [6.07, 6.45) is 13.2. The van der Waals surface area contributed by atoms with Crippen LogP contribution in [-0.2, 0) is 4.74 Å². The summed E-state index contributed by atoms with van der Waals surface area (Å²) in [5.41, 5.74) is 4.85. The van der Waals surface area contributed by atoms with Gasteiger partial charge in [-0.1, -0.05) is 78.5 Å². The SMILES string of the molecule is C/C=C\C=C\C.C=C/C=C(\C=C/S)OC.CC.CC(C)C.CCN. The third-order valence-electron chi connectivity index (χ3n) is 1.25. The van der Waals surface area contributed by atoms with Gasteiger partial charge in [-0.25, -0.2) is 0 Å². The van der Waals surface area contributed by atoms with Crippen molar-refractivity contribution in [3.05, 3.63) is 60.3 Å². The summed E-state index contributed by atoms with van der Waals surface area (Å²) in [7, 11) is 1.60. The lowest BCUT2D eigenvalue weighted by molar-refractivity contribution is 0.307. The molecule has 0 heterocycles. The number of allylic oxidation sites excluding steroid dienone is 7. The van der Waals surface area contributed by atoms with Gasteiger partial charge in [0.05, 0.1) is 7.11 Å². The fraction of sp³-hybridized carbons (Fsp3) is 0.524. The Balaban J connectivity index is -0.0000000698. The van der Waals surface area contributed by atoms with E-state index < -0.39 is 0 Å². The molecule has 0 bridgehead atoms. The summed E-state index contributed by atoms with van der Waals surface area (Å²) in [5.74, 6) is 1.58. The Morgan fingerprint density at radius 1 is 1.12 bits per heavy atom. The predicted molar refractivity (Wildman–Crippen MR) is 120 cm³/mol. The van der Waals surface area contributed by atoms with Gasteiger partial charge in [0.1, 0.15) is 5.76 Å². The van der Waals surface area contributed by atoms with Crippen molar-refractivity contribution >= 4 is 12.6 Å². The van der Waals surface area contributed by atoms with Gasteiger partial charge in [-0.3, -0.25) is 0 Å². The van der Waals surface area contributed by atoms with Crippen molar-refractivity contribution in [1.82, 2.24) is 0 Å². The first-order valence-electron chi connectivity index (χ1n) is 8.52. The van der Waals surface area contributed by atoms with E-state index in [1.807, 2.05) is 58.9 Å². The highest BCUT2D eigenvalue weighted by atomic mass is 32.1. The van der Waals surface area contributed by atoms with E-state index in [0.29, 0.717) is 0 Å². The van der Waals surface area contributed by atoms with Crippen LogP contribution < -0.4 is 5.73 Å². The maximum Gasteiger partial charge on any atom is 0.119 e. The molecule has 0 spiro atoms. The smallest absolute Gasteiger partial charge is 0.119 e. The monoisotopic (exact) mass is 357 g/mol. The van der Waals surface area contributed by atoms with Crippen molar-refractivity contribution in [2.75, 3.05) is 13.7 Å². The zero-order valence-corrected chi connectivity index (χ0v) is 18.4. The lowest BCUT2D eigenvalue weighted by atomic mass is 10.3. The zero-order chi connectivity index (χ0) is 20.2. The van der Waals surface area contributed by atoms with Crippen LogP contribution in [0.15, 0.2) is 60.3 Å². The number of ether oxygens (including phenoxy) is 1. The largest absolute Gasteiger partial charge is 0.497 e. The van der Waals surface area contributed by atoms with Crippen molar-refractivity contribution in [2.24, 2.45) is 11.7 Å². The molecule has 0 saturated heterocycles. The number of nitrogens with two attached hydrogens (primary N) is 1. The third kappa shape index (κ3) is 84.9. The first-order valence-corrected chi connectivity index (χ1v) is 9.04. The van der Waals surface area contributed by atoms with Crippen LogP contribution in [0, 0.1) is 5.92 Å². The normalized spacial score (nSPS) is 9.92. The Labute approximate surface area is 158 Å². The van der Waals surface area contributed by atoms with Crippen molar-refractivity contribution in [3.8, 4) is 0 Å². The molecule has 0 aliphatic rings. The molecule has 144 valence electrons. The van der Waals surface area contributed by atoms with Gasteiger partial charge in [0.15, 0.2) is 0 Å². The second kappa shape index (κ2) is 43.1. The molecule has 0 amide bonds. The minimum atomic E-state index is 0.750. The molecule has 0 fully saturated rings. The Kier molecular flexibility index (Phi) is 61.4. The maximum absolute atomic E-state index is 4.89. The fourth-order valence-corrected chi connectivity index (χ4v) is 0.750. The molecule has 0 atom stereocenters.